The van der Waals surface area contributed by atoms with Gasteiger partial charge in [-0.3, -0.25) is 13.9 Å². The van der Waals surface area contributed by atoms with Crippen molar-refractivity contribution in [1.29, 1.82) is 0 Å². The molecule has 2 amide bonds. The zero-order chi connectivity index (χ0) is 25.8. The Hall–Kier alpha value is -2.29. The normalized spacial score (nSPS) is 12.4. The number of halogens is 2. The van der Waals surface area contributed by atoms with E-state index in [0.717, 1.165) is 21.7 Å². The molecular formula is C24H31Cl2N3O4S. The van der Waals surface area contributed by atoms with Crippen LogP contribution in [0.3, 0.4) is 0 Å². The SMILES string of the molecule is Cc1cc(C)cc(N(CC(=O)N(Cc2c(Cl)cccc2Cl)[C@H](C)C(=O)NC(C)C)S(C)(=O)=O)c1. The predicted octanol–water partition coefficient (Wildman–Crippen LogP) is 4.32. The lowest BCUT2D eigenvalue weighted by Gasteiger charge is -2.32. The number of aryl methyl sites for hydroxylation is 2. The first-order chi connectivity index (χ1) is 15.7. The third-order valence-corrected chi connectivity index (χ3v) is 7.01. The zero-order valence-electron chi connectivity index (χ0n) is 20.2. The third-order valence-electron chi connectivity index (χ3n) is 5.16. The van der Waals surface area contributed by atoms with Crippen LogP contribution in [0.15, 0.2) is 36.4 Å². The maximum atomic E-state index is 13.6. The molecule has 2 rings (SSSR count). The second-order valence-corrected chi connectivity index (χ2v) is 11.4. The molecular weight excluding hydrogens is 497 g/mol. The Bertz CT molecular complexity index is 1130. The van der Waals surface area contributed by atoms with Crippen molar-refractivity contribution >= 4 is 50.7 Å². The maximum absolute atomic E-state index is 13.6. The molecule has 0 spiro atoms. The third kappa shape index (κ3) is 7.35. The number of sulfonamides is 1. The molecule has 0 saturated carbocycles. The summed E-state index contributed by atoms with van der Waals surface area (Å²) in [5.41, 5.74) is 2.57. The Labute approximate surface area is 212 Å². The van der Waals surface area contributed by atoms with E-state index in [2.05, 4.69) is 5.32 Å². The highest BCUT2D eigenvalue weighted by Gasteiger charge is 2.31. The molecule has 0 aromatic heterocycles. The molecule has 0 saturated heterocycles. The summed E-state index contributed by atoms with van der Waals surface area (Å²) in [6, 6.07) is 9.24. The van der Waals surface area contributed by atoms with Crippen LogP contribution < -0.4 is 9.62 Å². The van der Waals surface area contributed by atoms with E-state index < -0.39 is 28.5 Å². The number of amides is 2. The van der Waals surface area contributed by atoms with Crippen LogP contribution in [0.25, 0.3) is 0 Å². The van der Waals surface area contributed by atoms with Crippen molar-refractivity contribution in [3.63, 3.8) is 0 Å². The number of benzene rings is 2. The van der Waals surface area contributed by atoms with Crippen LogP contribution in [0.2, 0.25) is 10.0 Å². The van der Waals surface area contributed by atoms with E-state index in [1.54, 1.807) is 37.3 Å². The average molecular weight is 529 g/mol. The van der Waals surface area contributed by atoms with E-state index >= 15 is 0 Å². The van der Waals surface area contributed by atoms with Gasteiger partial charge in [-0.05, 0) is 70.0 Å². The van der Waals surface area contributed by atoms with Crippen LogP contribution in [-0.2, 0) is 26.2 Å². The molecule has 1 atom stereocenters. The Morgan fingerprint density at radius 1 is 1.00 bits per heavy atom. The van der Waals surface area contributed by atoms with Gasteiger partial charge >= 0.3 is 0 Å². The van der Waals surface area contributed by atoms with Gasteiger partial charge in [-0.2, -0.15) is 0 Å². The molecule has 0 radical (unpaired) electrons. The summed E-state index contributed by atoms with van der Waals surface area (Å²) in [5, 5.41) is 3.48. The molecule has 7 nitrogen and oxygen atoms in total. The Morgan fingerprint density at radius 3 is 2.00 bits per heavy atom. The first kappa shape index (κ1) is 28.0. The molecule has 2 aromatic carbocycles. The van der Waals surface area contributed by atoms with Crippen molar-refractivity contribution in [2.75, 3.05) is 17.1 Å². The number of hydrogen-bond donors (Lipinski definition) is 1. The summed E-state index contributed by atoms with van der Waals surface area (Å²) in [6.07, 6.45) is 1.04. The van der Waals surface area contributed by atoms with Crippen LogP contribution in [-0.4, -0.2) is 50.0 Å². The number of anilines is 1. The smallest absolute Gasteiger partial charge is 0.244 e. The molecule has 0 bridgehead atoms. The van der Waals surface area contributed by atoms with Gasteiger partial charge in [-0.15, -0.1) is 0 Å². The van der Waals surface area contributed by atoms with Crippen molar-refractivity contribution in [1.82, 2.24) is 10.2 Å². The largest absolute Gasteiger partial charge is 0.352 e. The van der Waals surface area contributed by atoms with E-state index in [4.69, 9.17) is 23.2 Å². The molecule has 0 heterocycles. The second-order valence-electron chi connectivity index (χ2n) is 8.68. The van der Waals surface area contributed by atoms with Gasteiger partial charge in [0, 0.05) is 28.2 Å². The van der Waals surface area contributed by atoms with E-state index in [1.165, 1.54) is 4.90 Å². The van der Waals surface area contributed by atoms with Gasteiger partial charge in [0.1, 0.15) is 12.6 Å². The minimum Gasteiger partial charge on any atom is -0.352 e. The van der Waals surface area contributed by atoms with E-state index in [1.807, 2.05) is 33.8 Å². The number of nitrogens with zero attached hydrogens (tertiary/aromatic N) is 2. The highest BCUT2D eigenvalue weighted by atomic mass is 35.5. The molecule has 0 aliphatic carbocycles. The van der Waals surface area contributed by atoms with Gasteiger partial charge in [0.15, 0.2) is 0 Å². The summed E-state index contributed by atoms with van der Waals surface area (Å²) in [6.45, 7) is 8.37. The van der Waals surface area contributed by atoms with Gasteiger partial charge in [0.05, 0.1) is 11.9 Å². The van der Waals surface area contributed by atoms with Crippen molar-refractivity contribution in [3.8, 4) is 0 Å². The lowest BCUT2D eigenvalue weighted by Crippen LogP contribution is -2.52. The van der Waals surface area contributed by atoms with Crippen LogP contribution >= 0.6 is 23.2 Å². The average Bonchev–Trinajstić information content (AvgIpc) is 2.69. The summed E-state index contributed by atoms with van der Waals surface area (Å²) in [5.74, 6) is -0.934. The topological polar surface area (TPSA) is 86.8 Å². The van der Waals surface area contributed by atoms with Gasteiger partial charge in [-0.25, -0.2) is 8.42 Å². The van der Waals surface area contributed by atoms with E-state index in [9.17, 15) is 18.0 Å². The van der Waals surface area contributed by atoms with Crippen LogP contribution in [0.4, 0.5) is 5.69 Å². The van der Waals surface area contributed by atoms with Gasteiger partial charge < -0.3 is 10.2 Å². The van der Waals surface area contributed by atoms with Crippen molar-refractivity contribution < 1.29 is 18.0 Å². The summed E-state index contributed by atoms with van der Waals surface area (Å²) < 4.78 is 26.4. The summed E-state index contributed by atoms with van der Waals surface area (Å²) >= 11 is 12.7. The molecule has 1 N–H and O–H groups in total. The first-order valence-corrected chi connectivity index (χ1v) is 13.4. The Morgan fingerprint density at radius 2 is 1.53 bits per heavy atom. The molecule has 0 fully saturated rings. The van der Waals surface area contributed by atoms with Crippen LogP contribution in [0, 0.1) is 13.8 Å². The molecule has 10 heteroatoms. The van der Waals surface area contributed by atoms with Crippen molar-refractivity contribution in [3.05, 3.63) is 63.1 Å². The van der Waals surface area contributed by atoms with E-state index in [-0.39, 0.29) is 18.5 Å². The fourth-order valence-corrected chi connectivity index (χ4v) is 4.90. The molecule has 0 aliphatic heterocycles. The lowest BCUT2D eigenvalue weighted by molar-refractivity contribution is -0.139. The summed E-state index contributed by atoms with van der Waals surface area (Å²) in [7, 11) is -3.80. The number of carbonyl (C=O) groups is 2. The minimum absolute atomic E-state index is 0.0610. The van der Waals surface area contributed by atoms with Crippen LogP contribution in [0.5, 0.6) is 0 Å². The fourth-order valence-electron chi connectivity index (χ4n) is 3.55. The predicted molar refractivity (Wildman–Crippen MR) is 138 cm³/mol. The minimum atomic E-state index is -3.80. The Balaban J connectivity index is 2.48. The molecule has 186 valence electrons. The van der Waals surface area contributed by atoms with Crippen molar-refractivity contribution in [2.45, 2.75) is 53.2 Å². The standard InChI is InChI=1S/C24H31Cl2N3O4S/c1-15(2)27-24(31)18(5)28(13-20-21(25)8-7-9-22(20)26)23(30)14-29(34(6,32)33)19-11-16(3)10-17(4)12-19/h7-12,15,18H,13-14H2,1-6H3,(H,27,31)/t18-/m1/s1. The fraction of sp³-hybridized carbons (Fsp3) is 0.417. The molecule has 0 unspecified atom stereocenters. The first-order valence-electron chi connectivity index (χ1n) is 10.8. The Kier molecular flexibility index (Phi) is 9.39. The zero-order valence-corrected chi connectivity index (χ0v) is 22.6. The van der Waals surface area contributed by atoms with E-state index in [0.29, 0.717) is 21.3 Å². The molecule has 2 aromatic rings. The maximum Gasteiger partial charge on any atom is 0.244 e. The second kappa shape index (κ2) is 11.4. The molecule has 34 heavy (non-hydrogen) atoms. The molecule has 0 aliphatic rings. The van der Waals surface area contributed by atoms with Gasteiger partial charge in [0.25, 0.3) is 0 Å². The van der Waals surface area contributed by atoms with Gasteiger partial charge in [-0.1, -0.05) is 35.3 Å². The highest BCUT2D eigenvalue weighted by molar-refractivity contribution is 7.92. The van der Waals surface area contributed by atoms with Crippen molar-refractivity contribution in [2.24, 2.45) is 0 Å². The van der Waals surface area contributed by atoms with Crippen LogP contribution in [0.1, 0.15) is 37.5 Å². The number of rotatable bonds is 9. The summed E-state index contributed by atoms with van der Waals surface area (Å²) in [4.78, 5) is 27.7. The highest BCUT2D eigenvalue weighted by Crippen LogP contribution is 2.27. The van der Waals surface area contributed by atoms with Gasteiger partial charge in [0.2, 0.25) is 21.8 Å². The number of nitrogens with one attached hydrogen (secondary N) is 1. The number of carbonyl (C=O) groups excluding carboxylic acids is 2. The number of hydrogen-bond acceptors (Lipinski definition) is 4. The monoisotopic (exact) mass is 527 g/mol. The quantitative estimate of drug-likeness (QED) is 0.526. The lowest BCUT2D eigenvalue weighted by atomic mass is 10.1.